The molecule has 0 spiro atoms. The molecule has 4 N–H and O–H groups in total. The number of esters is 1. The Morgan fingerprint density at radius 2 is 1.66 bits per heavy atom. The van der Waals surface area contributed by atoms with Crippen molar-refractivity contribution < 1.29 is 39.2 Å². The quantitative estimate of drug-likeness (QED) is 0.306. The highest BCUT2D eigenvalue weighted by Crippen LogP contribution is 2.22. The average Bonchev–Trinajstić information content (AvgIpc) is 2.98. The molecule has 254 valence electrons. The third kappa shape index (κ3) is 17.4. The van der Waals surface area contributed by atoms with E-state index in [9.17, 15) is 29.7 Å². The summed E-state index contributed by atoms with van der Waals surface area (Å²) in [6.45, 7) is 8.21. The normalized spacial score (nSPS) is 30.9. The number of rotatable bonds is 5. The highest BCUT2D eigenvalue weighted by molar-refractivity contribution is 5.84. The molecule has 0 aromatic carbocycles. The number of nitrogens with one attached hydrogen (secondary N) is 1. The molecule has 0 aliphatic carbocycles. The molecule has 44 heavy (non-hydrogen) atoms. The number of amides is 1. The van der Waals surface area contributed by atoms with Crippen molar-refractivity contribution in [1.82, 2.24) is 5.32 Å². The number of aliphatic hydroxyl groups excluding tert-OH is 3. The molecule has 1 aliphatic heterocycles. The molecule has 0 saturated carbocycles. The van der Waals surface area contributed by atoms with Gasteiger partial charge in [0, 0.05) is 32.9 Å². The predicted molar refractivity (Wildman–Crippen MR) is 173 cm³/mol. The molecule has 1 heterocycles. The topological polar surface area (TPSA) is 142 Å². The molecule has 9 heteroatoms. The molecule has 9 nitrogen and oxygen atoms in total. The predicted octanol–water partition coefficient (Wildman–Crippen LogP) is 5.20. The van der Waals surface area contributed by atoms with Gasteiger partial charge in [-0.1, -0.05) is 65.2 Å². The van der Waals surface area contributed by atoms with Gasteiger partial charge in [0.15, 0.2) is 6.10 Å². The minimum atomic E-state index is -1.17. The number of carbonyl (C=O) groups is 3. The fourth-order valence-corrected chi connectivity index (χ4v) is 5.63. The number of aliphatic hydroxyl groups is 3. The lowest BCUT2D eigenvalue weighted by Crippen LogP contribution is -2.43. The lowest BCUT2D eigenvalue weighted by Gasteiger charge is -2.23. The van der Waals surface area contributed by atoms with E-state index in [-0.39, 0.29) is 31.2 Å². The molecule has 1 rings (SSSR count). The second-order valence-corrected chi connectivity index (χ2v) is 12.8. The van der Waals surface area contributed by atoms with Crippen LogP contribution in [0.4, 0.5) is 0 Å². The van der Waals surface area contributed by atoms with Crippen LogP contribution in [0.2, 0.25) is 0 Å². The van der Waals surface area contributed by atoms with E-state index in [0.717, 1.165) is 44.1 Å². The SMILES string of the molecule is CCC[C@@H]1OC(=O)[C@@H](C)C[C@H](C)CCCCC(=O)CCCC(CC)C=CC=C(COC)CC[C@@H](O)[C@@H](O)C[C@H](O)CNC1=O. The van der Waals surface area contributed by atoms with Gasteiger partial charge in [0.1, 0.15) is 5.78 Å². The maximum Gasteiger partial charge on any atom is 0.309 e. The van der Waals surface area contributed by atoms with Gasteiger partial charge in [0.2, 0.25) is 0 Å². The van der Waals surface area contributed by atoms with E-state index in [2.05, 4.69) is 25.2 Å². The molecule has 0 bridgehead atoms. The molecule has 1 aliphatic rings. The van der Waals surface area contributed by atoms with Crippen molar-refractivity contribution in [2.75, 3.05) is 20.3 Å². The van der Waals surface area contributed by atoms with E-state index in [1.807, 2.05) is 26.0 Å². The van der Waals surface area contributed by atoms with Crippen LogP contribution in [0.5, 0.6) is 0 Å². The molecular formula is C35H61NO8. The summed E-state index contributed by atoms with van der Waals surface area (Å²) in [4.78, 5) is 38.1. The number of hydrogen-bond acceptors (Lipinski definition) is 8. The van der Waals surface area contributed by atoms with E-state index in [1.54, 1.807) is 7.11 Å². The first-order valence-electron chi connectivity index (χ1n) is 16.9. The number of β-amino-alcohol motifs (C(OH)–C–C–N with tert-alkyl or cyclic N) is 1. The molecule has 0 aromatic heterocycles. The van der Waals surface area contributed by atoms with Gasteiger partial charge in [-0.2, -0.15) is 0 Å². The number of ketones is 1. The third-order valence-corrected chi connectivity index (χ3v) is 8.49. The standard InChI is InChI=1S/C35H61NO8/c1-6-12-33-34(41)36-23-30(38)22-32(40)31(39)20-19-28(24-43-5)16-10-14-27(7-2)15-11-18-29(37)17-9-8-13-25(3)21-26(4)35(42)44-33/h10,14,16,25-27,30-33,38-40H,6-9,11-13,15,17-24H2,1-5H3,(H,36,41)/t25-,26+,27?,30+,31-,32+,33+/m1/s1. The molecule has 1 unspecified atom stereocenters. The Balaban J connectivity index is 2.96. The van der Waals surface area contributed by atoms with Crippen LogP contribution in [0.1, 0.15) is 118 Å². The van der Waals surface area contributed by atoms with Crippen molar-refractivity contribution >= 4 is 17.7 Å². The van der Waals surface area contributed by atoms with E-state index in [4.69, 9.17) is 9.47 Å². The first-order chi connectivity index (χ1) is 21.0. The van der Waals surface area contributed by atoms with Crippen molar-refractivity contribution in [3.8, 4) is 0 Å². The fraction of sp³-hybridized carbons (Fsp3) is 0.800. The van der Waals surface area contributed by atoms with E-state index in [1.165, 1.54) is 0 Å². The summed E-state index contributed by atoms with van der Waals surface area (Å²) in [6, 6.07) is 0. The lowest BCUT2D eigenvalue weighted by molar-refractivity contribution is -0.160. The van der Waals surface area contributed by atoms with Crippen molar-refractivity contribution in [1.29, 1.82) is 0 Å². The smallest absolute Gasteiger partial charge is 0.309 e. The van der Waals surface area contributed by atoms with Crippen LogP contribution in [-0.2, 0) is 23.9 Å². The summed E-state index contributed by atoms with van der Waals surface area (Å²) in [5.41, 5.74) is 0.973. The molecule has 0 radical (unpaired) electrons. The van der Waals surface area contributed by atoms with Gasteiger partial charge in [-0.3, -0.25) is 14.4 Å². The van der Waals surface area contributed by atoms with E-state index in [0.29, 0.717) is 56.8 Å². The Morgan fingerprint density at radius 3 is 2.34 bits per heavy atom. The summed E-state index contributed by atoms with van der Waals surface area (Å²) in [5.74, 6) is -0.318. The average molecular weight is 624 g/mol. The van der Waals surface area contributed by atoms with Gasteiger partial charge in [-0.25, -0.2) is 0 Å². The van der Waals surface area contributed by atoms with Crippen LogP contribution in [-0.4, -0.2) is 77.7 Å². The summed E-state index contributed by atoms with van der Waals surface area (Å²) in [5, 5.41) is 34.1. The molecule has 0 fully saturated rings. The highest BCUT2D eigenvalue weighted by Gasteiger charge is 2.27. The van der Waals surface area contributed by atoms with Gasteiger partial charge in [-0.05, 0) is 68.8 Å². The number of cyclic esters (lactones) is 1. The van der Waals surface area contributed by atoms with Gasteiger partial charge >= 0.3 is 5.97 Å². The van der Waals surface area contributed by atoms with Crippen molar-refractivity contribution in [2.24, 2.45) is 17.8 Å². The van der Waals surface area contributed by atoms with E-state index < -0.39 is 36.3 Å². The largest absolute Gasteiger partial charge is 0.452 e. The second-order valence-electron chi connectivity index (χ2n) is 12.8. The number of allylic oxidation sites excluding steroid dienone is 3. The van der Waals surface area contributed by atoms with Gasteiger partial charge < -0.3 is 30.1 Å². The lowest BCUT2D eigenvalue weighted by atomic mass is 9.92. The monoisotopic (exact) mass is 623 g/mol. The van der Waals surface area contributed by atoms with Crippen molar-refractivity contribution in [2.45, 2.75) is 142 Å². The van der Waals surface area contributed by atoms with Gasteiger partial charge in [-0.15, -0.1) is 0 Å². The zero-order chi connectivity index (χ0) is 32.9. The van der Waals surface area contributed by atoms with Crippen LogP contribution in [0, 0.1) is 17.8 Å². The minimum Gasteiger partial charge on any atom is -0.452 e. The summed E-state index contributed by atoms with van der Waals surface area (Å²) in [6.07, 6.45) is 10.9. The number of methoxy groups -OCH3 is 1. The van der Waals surface area contributed by atoms with Crippen LogP contribution in [0.15, 0.2) is 23.8 Å². The van der Waals surface area contributed by atoms with E-state index >= 15 is 0 Å². The Kier molecular flexibility index (Phi) is 21.2. The summed E-state index contributed by atoms with van der Waals surface area (Å²) in [7, 11) is 1.61. The van der Waals surface area contributed by atoms with Crippen LogP contribution in [0.25, 0.3) is 0 Å². The minimum absolute atomic E-state index is 0.113. The molecule has 0 aromatic rings. The Labute approximate surface area is 265 Å². The maximum absolute atomic E-state index is 12.8. The Bertz CT molecular complexity index is 888. The number of Topliss-reactive ketones (excluding diaryl/α,β-unsaturated/α-hetero) is 1. The number of ether oxygens (including phenoxy) is 2. The highest BCUT2D eigenvalue weighted by atomic mass is 16.5. The van der Waals surface area contributed by atoms with Crippen molar-refractivity contribution in [3.05, 3.63) is 23.8 Å². The maximum atomic E-state index is 12.8. The van der Waals surface area contributed by atoms with Crippen LogP contribution >= 0.6 is 0 Å². The molecule has 7 atom stereocenters. The molecule has 1 amide bonds. The van der Waals surface area contributed by atoms with Gasteiger partial charge in [0.25, 0.3) is 5.91 Å². The second kappa shape index (κ2) is 23.3. The summed E-state index contributed by atoms with van der Waals surface area (Å²) < 4.78 is 10.9. The third-order valence-electron chi connectivity index (χ3n) is 8.49. The summed E-state index contributed by atoms with van der Waals surface area (Å²) >= 11 is 0. The van der Waals surface area contributed by atoms with Crippen LogP contribution in [0.3, 0.4) is 0 Å². The number of carbonyl (C=O) groups excluding carboxylic acids is 3. The first-order valence-corrected chi connectivity index (χ1v) is 16.9. The first kappa shape index (κ1) is 40.0. The molecule has 0 saturated heterocycles. The Morgan fingerprint density at radius 1 is 0.932 bits per heavy atom. The Hall–Kier alpha value is -2.07. The van der Waals surface area contributed by atoms with Crippen LogP contribution < -0.4 is 5.32 Å². The zero-order valence-electron chi connectivity index (χ0n) is 28.0. The van der Waals surface area contributed by atoms with Gasteiger partial charge in [0.05, 0.1) is 30.8 Å². The zero-order valence-corrected chi connectivity index (χ0v) is 28.0. The fourth-order valence-electron chi connectivity index (χ4n) is 5.63. The van der Waals surface area contributed by atoms with Crippen molar-refractivity contribution in [3.63, 3.8) is 0 Å². The number of hydrogen-bond donors (Lipinski definition) is 4. The molecular weight excluding hydrogens is 562 g/mol.